The summed E-state index contributed by atoms with van der Waals surface area (Å²) in [5.41, 5.74) is 1.05. The summed E-state index contributed by atoms with van der Waals surface area (Å²) >= 11 is 0. The van der Waals surface area contributed by atoms with Gasteiger partial charge in [0.05, 0.1) is 6.61 Å². The molecule has 1 heterocycles. The van der Waals surface area contributed by atoms with Crippen molar-refractivity contribution >= 4 is 0 Å². The molecule has 3 nitrogen and oxygen atoms in total. The highest BCUT2D eigenvalue weighted by molar-refractivity contribution is 5.06. The van der Waals surface area contributed by atoms with Gasteiger partial charge in [-0.3, -0.25) is 0 Å². The first kappa shape index (κ1) is 10.6. The molecule has 1 aromatic heterocycles. The first-order chi connectivity index (χ1) is 7.40. The number of hydrogen-bond donors (Lipinski definition) is 0. The van der Waals surface area contributed by atoms with Gasteiger partial charge in [-0.2, -0.15) is 0 Å². The molecule has 0 unspecified atom stereocenters. The van der Waals surface area contributed by atoms with Crippen molar-refractivity contribution in [2.75, 3.05) is 7.11 Å². The number of hydrogen-bond acceptors (Lipinski definition) is 3. The average molecular weight is 206 g/mol. The molecule has 1 aliphatic rings. The second-order valence-corrected chi connectivity index (χ2v) is 4.22. The quantitative estimate of drug-likeness (QED) is 0.762. The molecular formula is C12H18N2O. The van der Waals surface area contributed by atoms with Gasteiger partial charge in [-0.1, -0.05) is 19.3 Å². The van der Waals surface area contributed by atoms with Crippen LogP contribution in [0.4, 0.5) is 0 Å². The SMILES string of the molecule is COCc1cnc(C2CCCCC2)nc1. The summed E-state index contributed by atoms with van der Waals surface area (Å²) in [6.07, 6.45) is 10.3. The highest BCUT2D eigenvalue weighted by Crippen LogP contribution is 2.30. The predicted octanol–water partition coefficient (Wildman–Crippen LogP) is 2.67. The third-order valence-electron chi connectivity index (χ3n) is 3.01. The van der Waals surface area contributed by atoms with Crippen molar-refractivity contribution in [2.45, 2.75) is 44.6 Å². The van der Waals surface area contributed by atoms with Gasteiger partial charge in [0.25, 0.3) is 0 Å². The Morgan fingerprint density at radius 2 is 1.87 bits per heavy atom. The van der Waals surface area contributed by atoms with Crippen LogP contribution in [0.5, 0.6) is 0 Å². The molecule has 1 aromatic rings. The summed E-state index contributed by atoms with van der Waals surface area (Å²) in [6, 6.07) is 0. The van der Waals surface area contributed by atoms with Crippen molar-refractivity contribution in [3.05, 3.63) is 23.8 Å². The fraction of sp³-hybridized carbons (Fsp3) is 0.667. The van der Waals surface area contributed by atoms with E-state index in [1.165, 1.54) is 32.1 Å². The Labute approximate surface area is 90.9 Å². The Bertz CT molecular complexity index is 291. The largest absolute Gasteiger partial charge is 0.380 e. The third kappa shape index (κ3) is 2.75. The minimum atomic E-state index is 0.593. The lowest BCUT2D eigenvalue weighted by molar-refractivity contribution is 0.184. The molecule has 15 heavy (non-hydrogen) atoms. The van der Waals surface area contributed by atoms with Crippen LogP contribution in [0.3, 0.4) is 0 Å². The van der Waals surface area contributed by atoms with E-state index in [-0.39, 0.29) is 0 Å². The lowest BCUT2D eigenvalue weighted by atomic mass is 9.89. The van der Waals surface area contributed by atoms with Crippen LogP contribution in [-0.2, 0) is 11.3 Å². The minimum Gasteiger partial charge on any atom is -0.380 e. The molecule has 0 amide bonds. The molecule has 0 spiro atoms. The van der Waals surface area contributed by atoms with Crippen molar-refractivity contribution < 1.29 is 4.74 Å². The van der Waals surface area contributed by atoms with Crippen molar-refractivity contribution in [3.63, 3.8) is 0 Å². The first-order valence-electron chi connectivity index (χ1n) is 5.70. The van der Waals surface area contributed by atoms with Crippen LogP contribution in [0.15, 0.2) is 12.4 Å². The summed E-state index contributed by atoms with van der Waals surface area (Å²) in [5, 5.41) is 0. The van der Waals surface area contributed by atoms with Crippen LogP contribution in [0.1, 0.15) is 49.4 Å². The Morgan fingerprint density at radius 1 is 1.20 bits per heavy atom. The second-order valence-electron chi connectivity index (χ2n) is 4.22. The molecule has 0 radical (unpaired) electrons. The Hall–Kier alpha value is -0.960. The molecule has 0 aliphatic heterocycles. The van der Waals surface area contributed by atoms with Crippen molar-refractivity contribution in [2.24, 2.45) is 0 Å². The molecule has 0 aromatic carbocycles. The normalized spacial score (nSPS) is 17.9. The number of methoxy groups -OCH3 is 1. The minimum absolute atomic E-state index is 0.593. The molecule has 1 aliphatic carbocycles. The summed E-state index contributed by atoms with van der Waals surface area (Å²) in [6.45, 7) is 0.602. The van der Waals surface area contributed by atoms with Gasteiger partial charge in [0.1, 0.15) is 5.82 Å². The van der Waals surface area contributed by atoms with Gasteiger partial charge >= 0.3 is 0 Å². The van der Waals surface area contributed by atoms with E-state index in [2.05, 4.69) is 9.97 Å². The topological polar surface area (TPSA) is 35.0 Å². The summed E-state index contributed by atoms with van der Waals surface area (Å²) < 4.78 is 5.03. The zero-order chi connectivity index (χ0) is 10.5. The Kier molecular flexibility index (Phi) is 3.67. The average Bonchev–Trinajstić information content (AvgIpc) is 2.32. The van der Waals surface area contributed by atoms with Crippen LogP contribution in [0, 0.1) is 0 Å². The molecule has 82 valence electrons. The van der Waals surface area contributed by atoms with Gasteiger partial charge in [0.15, 0.2) is 0 Å². The van der Waals surface area contributed by atoms with Gasteiger partial charge < -0.3 is 4.74 Å². The molecule has 3 heteroatoms. The highest BCUT2D eigenvalue weighted by atomic mass is 16.5. The fourth-order valence-electron chi connectivity index (χ4n) is 2.18. The molecule has 0 N–H and O–H groups in total. The van der Waals surface area contributed by atoms with E-state index in [0.29, 0.717) is 12.5 Å². The van der Waals surface area contributed by atoms with Crippen LogP contribution in [0.25, 0.3) is 0 Å². The number of ether oxygens (including phenoxy) is 1. The van der Waals surface area contributed by atoms with Crippen LogP contribution in [0.2, 0.25) is 0 Å². The molecule has 0 saturated heterocycles. The van der Waals surface area contributed by atoms with E-state index in [4.69, 9.17) is 4.74 Å². The molecule has 2 rings (SSSR count). The van der Waals surface area contributed by atoms with Gasteiger partial charge in [-0.25, -0.2) is 9.97 Å². The fourth-order valence-corrected chi connectivity index (χ4v) is 2.18. The maximum Gasteiger partial charge on any atom is 0.131 e. The number of nitrogens with zero attached hydrogens (tertiary/aromatic N) is 2. The number of rotatable bonds is 3. The molecule has 1 fully saturated rings. The lowest BCUT2D eigenvalue weighted by Crippen LogP contribution is -2.08. The van der Waals surface area contributed by atoms with E-state index >= 15 is 0 Å². The zero-order valence-electron chi connectivity index (χ0n) is 9.28. The van der Waals surface area contributed by atoms with E-state index in [9.17, 15) is 0 Å². The van der Waals surface area contributed by atoms with Crippen molar-refractivity contribution in [1.82, 2.24) is 9.97 Å². The number of aromatic nitrogens is 2. The molecule has 0 atom stereocenters. The van der Waals surface area contributed by atoms with E-state index < -0.39 is 0 Å². The smallest absolute Gasteiger partial charge is 0.131 e. The van der Waals surface area contributed by atoms with E-state index in [0.717, 1.165) is 11.4 Å². The van der Waals surface area contributed by atoms with Crippen LogP contribution < -0.4 is 0 Å². The summed E-state index contributed by atoms with van der Waals surface area (Å²) in [7, 11) is 1.69. The third-order valence-corrected chi connectivity index (χ3v) is 3.01. The van der Waals surface area contributed by atoms with Gasteiger partial charge in [0.2, 0.25) is 0 Å². The van der Waals surface area contributed by atoms with Gasteiger partial charge in [-0.05, 0) is 12.8 Å². The van der Waals surface area contributed by atoms with Crippen LogP contribution >= 0.6 is 0 Å². The summed E-state index contributed by atoms with van der Waals surface area (Å²) in [4.78, 5) is 8.86. The molecule has 0 bridgehead atoms. The van der Waals surface area contributed by atoms with Crippen molar-refractivity contribution in [3.8, 4) is 0 Å². The van der Waals surface area contributed by atoms with Crippen LogP contribution in [-0.4, -0.2) is 17.1 Å². The van der Waals surface area contributed by atoms with Gasteiger partial charge in [-0.15, -0.1) is 0 Å². The van der Waals surface area contributed by atoms with Crippen molar-refractivity contribution in [1.29, 1.82) is 0 Å². The maximum absolute atomic E-state index is 5.03. The second kappa shape index (κ2) is 5.21. The Balaban J connectivity index is 2.02. The maximum atomic E-state index is 5.03. The van der Waals surface area contributed by atoms with E-state index in [1.54, 1.807) is 7.11 Å². The molecular weight excluding hydrogens is 188 g/mol. The summed E-state index contributed by atoms with van der Waals surface area (Å²) in [5.74, 6) is 1.62. The monoisotopic (exact) mass is 206 g/mol. The first-order valence-corrected chi connectivity index (χ1v) is 5.70. The standard InChI is InChI=1S/C12H18N2O/c1-15-9-10-7-13-12(14-8-10)11-5-3-2-4-6-11/h7-8,11H,2-6,9H2,1H3. The van der Waals surface area contributed by atoms with Gasteiger partial charge in [0, 0.05) is 31.0 Å². The lowest BCUT2D eigenvalue weighted by Gasteiger charge is -2.19. The highest BCUT2D eigenvalue weighted by Gasteiger charge is 2.17. The molecule has 1 saturated carbocycles. The Morgan fingerprint density at radius 3 is 2.47 bits per heavy atom. The zero-order valence-corrected chi connectivity index (χ0v) is 9.28. The van der Waals surface area contributed by atoms with E-state index in [1.807, 2.05) is 12.4 Å². The predicted molar refractivity (Wildman–Crippen MR) is 58.6 cm³/mol.